The Bertz CT molecular complexity index is 1370. The Morgan fingerprint density at radius 2 is 1.73 bits per heavy atom. The summed E-state index contributed by atoms with van der Waals surface area (Å²) in [6, 6.07) is 22.7. The van der Waals surface area contributed by atoms with E-state index in [0.29, 0.717) is 17.7 Å². The number of benzene rings is 3. The number of rotatable bonds is 6. The summed E-state index contributed by atoms with van der Waals surface area (Å²) < 4.78 is 0. The molecule has 2 amide bonds. The lowest BCUT2D eigenvalue weighted by atomic mass is 9.99. The number of aromatic amines is 1. The van der Waals surface area contributed by atoms with Crippen LogP contribution in [0.5, 0.6) is 0 Å². The number of aromatic nitrogens is 2. The minimum Gasteiger partial charge on any atom is -0.400 e. The van der Waals surface area contributed by atoms with Crippen LogP contribution in [0.25, 0.3) is 11.3 Å². The molecule has 0 bridgehead atoms. The Morgan fingerprint density at radius 1 is 0.946 bits per heavy atom. The highest BCUT2D eigenvalue weighted by atomic mass is 16.2. The van der Waals surface area contributed by atoms with E-state index in [0.717, 1.165) is 49.1 Å². The normalized spacial score (nSPS) is 12.6. The highest BCUT2D eigenvalue weighted by molar-refractivity contribution is 6.04. The van der Waals surface area contributed by atoms with Crippen molar-refractivity contribution in [1.29, 1.82) is 0 Å². The molecule has 0 aliphatic carbocycles. The Labute approximate surface area is 216 Å². The second-order valence-electron chi connectivity index (χ2n) is 8.86. The molecule has 8 nitrogen and oxygen atoms in total. The van der Waals surface area contributed by atoms with Crippen LogP contribution in [0.4, 0.5) is 5.69 Å². The molecule has 1 aliphatic rings. The van der Waals surface area contributed by atoms with Crippen LogP contribution in [0.3, 0.4) is 0 Å². The molecule has 3 aromatic carbocycles. The predicted octanol–water partition coefficient (Wildman–Crippen LogP) is 3.86. The Hall–Kier alpha value is -4.27. The number of hydrogen-bond donors (Lipinski definition) is 4. The number of carbonyl (C=O) groups is 2. The fourth-order valence-electron chi connectivity index (χ4n) is 4.33. The highest BCUT2D eigenvalue weighted by Crippen LogP contribution is 2.22. The van der Waals surface area contributed by atoms with E-state index < -0.39 is 0 Å². The Kier molecular flexibility index (Phi) is 8.45. The van der Waals surface area contributed by atoms with E-state index in [1.54, 1.807) is 18.3 Å². The summed E-state index contributed by atoms with van der Waals surface area (Å²) in [7, 11) is 3.11. The minimum atomic E-state index is -0.180. The zero-order valence-corrected chi connectivity index (χ0v) is 21.0. The van der Waals surface area contributed by atoms with E-state index in [-0.39, 0.29) is 11.8 Å². The summed E-state index contributed by atoms with van der Waals surface area (Å²) in [6.45, 7) is 2.26. The van der Waals surface area contributed by atoms with Crippen LogP contribution in [-0.4, -0.2) is 52.7 Å². The molecule has 0 spiro atoms. The van der Waals surface area contributed by atoms with Crippen LogP contribution in [0.15, 0.2) is 79.0 Å². The standard InChI is InChI=1S/C28H27N5O2.CH4O/c1-33-13-11-20-8-9-25(16-24(20)18-33)31-28(35)22-6-2-4-19(14-22)17-29-27(34)23-7-3-5-21(15-23)26-10-12-30-32-26;1-2/h2-10,12,14-16H,11,13,17-18H2,1H3,(H,29,34)(H,30,32)(H,31,35);2H,1H3. The summed E-state index contributed by atoms with van der Waals surface area (Å²) >= 11 is 0. The zero-order chi connectivity index (χ0) is 26.2. The van der Waals surface area contributed by atoms with Gasteiger partial charge in [-0.1, -0.05) is 30.3 Å². The number of carbonyl (C=O) groups excluding carboxylic acids is 2. The Balaban J connectivity index is 0.00000156. The van der Waals surface area contributed by atoms with Gasteiger partial charge in [-0.05, 0) is 72.6 Å². The highest BCUT2D eigenvalue weighted by Gasteiger charge is 2.15. The fraction of sp³-hybridized carbons (Fsp3) is 0.207. The number of amides is 2. The van der Waals surface area contributed by atoms with Gasteiger partial charge in [0.2, 0.25) is 0 Å². The number of aliphatic hydroxyl groups is 1. The van der Waals surface area contributed by atoms with Crippen LogP contribution in [0, 0.1) is 0 Å². The lowest BCUT2D eigenvalue weighted by Gasteiger charge is -2.25. The molecule has 1 aliphatic heterocycles. The van der Waals surface area contributed by atoms with Crippen molar-refractivity contribution in [3.8, 4) is 11.3 Å². The summed E-state index contributed by atoms with van der Waals surface area (Å²) in [6.07, 6.45) is 2.71. The molecule has 4 N–H and O–H groups in total. The number of anilines is 1. The minimum absolute atomic E-state index is 0.172. The average Bonchev–Trinajstić information content (AvgIpc) is 3.48. The third-order valence-corrected chi connectivity index (χ3v) is 6.25. The van der Waals surface area contributed by atoms with E-state index in [2.05, 4.69) is 44.9 Å². The lowest BCUT2D eigenvalue weighted by molar-refractivity contribution is 0.0950. The topological polar surface area (TPSA) is 110 Å². The van der Waals surface area contributed by atoms with Crippen LogP contribution >= 0.6 is 0 Å². The van der Waals surface area contributed by atoms with Crippen molar-refractivity contribution in [2.75, 3.05) is 26.0 Å². The van der Waals surface area contributed by atoms with E-state index in [1.165, 1.54) is 11.1 Å². The summed E-state index contributed by atoms with van der Waals surface area (Å²) in [4.78, 5) is 27.9. The van der Waals surface area contributed by atoms with Crippen molar-refractivity contribution < 1.29 is 14.7 Å². The smallest absolute Gasteiger partial charge is 0.255 e. The average molecular weight is 498 g/mol. The summed E-state index contributed by atoms with van der Waals surface area (Å²) in [5, 5.41) is 19.8. The molecule has 0 unspecified atom stereocenters. The largest absolute Gasteiger partial charge is 0.400 e. The number of aliphatic hydroxyl groups excluding tert-OH is 1. The number of likely N-dealkylation sites (N-methyl/N-ethyl adjacent to an activating group) is 1. The molecular formula is C29H31N5O3. The maximum atomic E-state index is 12.9. The second kappa shape index (κ2) is 12.1. The molecule has 0 saturated heterocycles. The van der Waals surface area contributed by atoms with E-state index in [1.807, 2.05) is 48.5 Å². The molecular weight excluding hydrogens is 466 g/mol. The van der Waals surface area contributed by atoms with Gasteiger partial charge in [0, 0.05) is 55.3 Å². The molecule has 1 aromatic heterocycles. The molecule has 37 heavy (non-hydrogen) atoms. The fourth-order valence-corrected chi connectivity index (χ4v) is 4.33. The van der Waals surface area contributed by atoms with Crippen molar-refractivity contribution in [3.63, 3.8) is 0 Å². The molecule has 5 rings (SSSR count). The first-order valence-electron chi connectivity index (χ1n) is 12.1. The van der Waals surface area contributed by atoms with E-state index >= 15 is 0 Å². The third kappa shape index (κ3) is 6.49. The van der Waals surface area contributed by atoms with Gasteiger partial charge in [-0.25, -0.2) is 0 Å². The van der Waals surface area contributed by atoms with Crippen LogP contribution in [0.1, 0.15) is 37.4 Å². The van der Waals surface area contributed by atoms with Crippen LogP contribution in [-0.2, 0) is 19.5 Å². The van der Waals surface area contributed by atoms with Gasteiger partial charge in [-0.2, -0.15) is 5.10 Å². The zero-order valence-electron chi connectivity index (χ0n) is 21.0. The monoisotopic (exact) mass is 497 g/mol. The van der Waals surface area contributed by atoms with Crippen LogP contribution in [0.2, 0.25) is 0 Å². The maximum absolute atomic E-state index is 12.9. The van der Waals surface area contributed by atoms with Crippen molar-refractivity contribution in [2.45, 2.75) is 19.5 Å². The molecule has 2 heterocycles. The lowest BCUT2D eigenvalue weighted by Crippen LogP contribution is -2.26. The van der Waals surface area contributed by atoms with Crippen molar-refractivity contribution in [2.24, 2.45) is 0 Å². The molecule has 0 fully saturated rings. The maximum Gasteiger partial charge on any atom is 0.255 e. The quantitative estimate of drug-likeness (QED) is 0.323. The van der Waals surface area contributed by atoms with Gasteiger partial charge in [0.15, 0.2) is 0 Å². The van der Waals surface area contributed by atoms with Gasteiger partial charge in [0.25, 0.3) is 11.8 Å². The molecule has 4 aromatic rings. The van der Waals surface area contributed by atoms with Gasteiger partial charge >= 0.3 is 0 Å². The SMILES string of the molecule is CN1CCc2ccc(NC(=O)c3cccc(CNC(=O)c4cccc(-c5ccn[nH]5)c4)c3)cc2C1.CO. The van der Waals surface area contributed by atoms with Gasteiger partial charge < -0.3 is 20.6 Å². The number of fused-ring (bicyclic) bond motifs is 1. The summed E-state index contributed by atoms with van der Waals surface area (Å²) in [5.41, 5.74) is 7.09. The molecule has 190 valence electrons. The van der Waals surface area contributed by atoms with Gasteiger partial charge in [-0.15, -0.1) is 0 Å². The molecule has 0 atom stereocenters. The Morgan fingerprint density at radius 3 is 2.51 bits per heavy atom. The number of nitrogens with one attached hydrogen (secondary N) is 3. The van der Waals surface area contributed by atoms with Gasteiger partial charge in [-0.3, -0.25) is 14.7 Å². The molecule has 0 radical (unpaired) electrons. The molecule has 0 saturated carbocycles. The molecule has 8 heteroatoms. The number of H-pyrrole nitrogens is 1. The predicted molar refractivity (Wildman–Crippen MR) is 144 cm³/mol. The van der Waals surface area contributed by atoms with Crippen molar-refractivity contribution >= 4 is 17.5 Å². The van der Waals surface area contributed by atoms with Crippen molar-refractivity contribution in [1.82, 2.24) is 20.4 Å². The first-order valence-corrected chi connectivity index (χ1v) is 12.1. The van der Waals surface area contributed by atoms with Crippen molar-refractivity contribution in [3.05, 3.63) is 107 Å². The first kappa shape index (κ1) is 25.8. The van der Waals surface area contributed by atoms with Crippen LogP contribution < -0.4 is 10.6 Å². The number of nitrogens with zero attached hydrogens (tertiary/aromatic N) is 2. The second-order valence-corrected chi connectivity index (χ2v) is 8.86. The van der Waals surface area contributed by atoms with Gasteiger partial charge in [0.1, 0.15) is 0 Å². The van der Waals surface area contributed by atoms with Gasteiger partial charge in [0.05, 0.1) is 5.69 Å². The number of hydrogen-bond acceptors (Lipinski definition) is 5. The van der Waals surface area contributed by atoms with E-state index in [4.69, 9.17) is 5.11 Å². The third-order valence-electron chi connectivity index (χ3n) is 6.25. The summed E-state index contributed by atoms with van der Waals surface area (Å²) in [5.74, 6) is -0.352. The first-order chi connectivity index (χ1) is 18.0. The van der Waals surface area contributed by atoms with E-state index in [9.17, 15) is 9.59 Å².